The molecule has 2 aromatic rings. The van der Waals surface area contributed by atoms with Gasteiger partial charge in [-0.1, -0.05) is 42.1 Å². The highest BCUT2D eigenvalue weighted by Gasteiger charge is 2.10. The van der Waals surface area contributed by atoms with Crippen LogP contribution in [-0.4, -0.2) is 49.4 Å². The molecule has 0 atom stereocenters. The quantitative estimate of drug-likeness (QED) is 0.756. The van der Waals surface area contributed by atoms with E-state index in [-0.39, 0.29) is 0 Å². The van der Waals surface area contributed by atoms with E-state index < -0.39 is 0 Å². The highest BCUT2D eigenvalue weighted by molar-refractivity contribution is 7.99. The van der Waals surface area contributed by atoms with Gasteiger partial charge in [-0.05, 0) is 36.5 Å². The van der Waals surface area contributed by atoms with E-state index in [2.05, 4.69) is 51.9 Å². The molecule has 2 N–H and O–H groups in total. The molecule has 4 nitrogen and oxygen atoms in total. The maximum absolute atomic E-state index is 5.45. The van der Waals surface area contributed by atoms with Gasteiger partial charge < -0.3 is 15.4 Å². The van der Waals surface area contributed by atoms with Crippen molar-refractivity contribution in [2.75, 3.05) is 44.7 Å². The second-order valence-electron chi connectivity index (χ2n) is 5.75. The van der Waals surface area contributed by atoms with Crippen molar-refractivity contribution < 1.29 is 4.74 Å². The Balaban J connectivity index is 1.50. The zero-order chi connectivity index (χ0) is 17.3. The summed E-state index contributed by atoms with van der Waals surface area (Å²) in [5.41, 5.74) is 1.03. The maximum atomic E-state index is 5.45. The molecule has 0 saturated carbocycles. The molecule has 1 saturated heterocycles. The molecule has 25 heavy (non-hydrogen) atoms. The Morgan fingerprint density at radius 2 is 1.76 bits per heavy atom. The SMILES string of the molecule is S=C(NCCN1CCOCC1)Nc1ccccc1Sc1ccccc1. The Hall–Kier alpha value is -1.60. The molecule has 0 spiro atoms. The van der Waals surface area contributed by atoms with Gasteiger partial charge in [-0.2, -0.15) is 0 Å². The molecule has 6 heteroatoms. The van der Waals surface area contributed by atoms with E-state index in [4.69, 9.17) is 17.0 Å². The van der Waals surface area contributed by atoms with Crippen LogP contribution < -0.4 is 10.6 Å². The largest absolute Gasteiger partial charge is 0.379 e. The minimum atomic E-state index is 0.661. The van der Waals surface area contributed by atoms with Crippen LogP contribution in [0.4, 0.5) is 5.69 Å². The fraction of sp³-hybridized carbons (Fsp3) is 0.316. The molecular formula is C19H23N3OS2. The summed E-state index contributed by atoms with van der Waals surface area (Å²) in [6.45, 7) is 5.46. The smallest absolute Gasteiger partial charge is 0.170 e. The Bertz CT molecular complexity index is 675. The summed E-state index contributed by atoms with van der Waals surface area (Å²) in [7, 11) is 0. The summed E-state index contributed by atoms with van der Waals surface area (Å²) in [6, 6.07) is 18.6. The van der Waals surface area contributed by atoms with Gasteiger partial charge in [0.05, 0.1) is 18.9 Å². The molecule has 0 amide bonds. The highest BCUT2D eigenvalue weighted by Crippen LogP contribution is 2.33. The first kappa shape index (κ1) is 18.2. The van der Waals surface area contributed by atoms with E-state index >= 15 is 0 Å². The molecule has 2 aromatic carbocycles. The van der Waals surface area contributed by atoms with Crippen LogP contribution in [0.1, 0.15) is 0 Å². The van der Waals surface area contributed by atoms with Crippen molar-refractivity contribution in [1.29, 1.82) is 0 Å². The predicted octanol–water partition coefficient (Wildman–Crippen LogP) is 3.46. The lowest BCUT2D eigenvalue weighted by atomic mass is 10.3. The van der Waals surface area contributed by atoms with Crippen molar-refractivity contribution in [2.24, 2.45) is 0 Å². The zero-order valence-electron chi connectivity index (χ0n) is 14.1. The lowest BCUT2D eigenvalue weighted by molar-refractivity contribution is 0.0389. The number of rotatable bonds is 6. The molecule has 3 rings (SSSR count). The predicted molar refractivity (Wildman–Crippen MR) is 108 cm³/mol. The molecule has 1 heterocycles. The van der Waals surface area contributed by atoms with Gasteiger partial charge in [0.2, 0.25) is 0 Å². The van der Waals surface area contributed by atoms with Crippen LogP contribution in [0.25, 0.3) is 0 Å². The number of hydrogen-bond acceptors (Lipinski definition) is 4. The van der Waals surface area contributed by atoms with Gasteiger partial charge in [-0.3, -0.25) is 4.90 Å². The van der Waals surface area contributed by atoms with Crippen molar-refractivity contribution in [3.8, 4) is 0 Å². The summed E-state index contributed by atoms with van der Waals surface area (Å²) in [4.78, 5) is 4.76. The first-order valence-corrected chi connectivity index (χ1v) is 9.70. The third kappa shape index (κ3) is 6.01. The molecule has 1 aliphatic heterocycles. The number of thiocarbonyl (C=S) groups is 1. The Labute approximate surface area is 158 Å². The number of nitrogens with zero attached hydrogens (tertiary/aromatic N) is 1. The highest BCUT2D eigenvalue weighted by atomic mass is 32.2. The molecule has 0 aromatic heterocycles. The monoisotopic (exact) mass is 373 g/mol. The van der Waals surface area contributed by atoms with Crippen LogP contribution in [0.2, 0.25) is 0 Å². The number of hydrogen-bond donors (Lipinski definition) is 2. The minimum absolute atomic E-state index is 0.661. The summed E-state index contributed by atoms with van der Waals surface area (Å²) in [5.74, 6) is 0. The average Bonchev–Trinajstić information content (AvgIpc) is 2.65. The number of para-hydroxylation sites is 1. The number of ether oxygens (including phenoxy) is 1. The van der Waals surface area contributed by atoms with Crippen molar-refractivity contribution in [1.82, 2.24) is 10.2 Å². The Morgan fingerprint density at radius 1 is 1.04 bits per heavy atom. The van der Waals surface area contributed by atoms with Crippen LogP contribution in [-0.2, 0) is 4.74 Å². The average molecular weight is 374 g/mol. The van der Waals surface area contributed by atoms with E-state index in [1.165, 1.54) is 4.90 Å². The molecule has 0 radical (unpaired) electrons. The molecule has 132 valence electrons. The number of anilines is 1. The third-order valence-corrected chi connectivity index (χ3v) is 5.25. The summed E-state index contributed by atoms with van der Waals surface area (Å²) < 4.78 is 5.37. The first-order valence-electron chi connectivity index (χ1n) is 8.48. The number of nitrogens with one attached hydrogen (secondary N) is 2. The van der Waals surface area contributed by atoms with E-state index in [1.807, 2.05) is 18.2 Å². The summed E-state index contributed by atoms with van der Waals surface area (Å²) in [6.07, 6.45) is 0. The van der Waals surface area contributed by atoms with Crippen molar-refractivity contribution in [2.45, 2.75) is 9.79 Å². The van der Waals surface area contributed by atoms with Crippen LogP contribution in [0.3, 0.4) is 0 Å². The lowest BCUT2D eigenvalue weighted by Gasteiger charge is -2.26. The normalized spacial score (nSPS) is 14.9. The second kappa shape index (κ2) is 9.77. The molecule has 0 aliphatic carbocycles. The van der Waals surface area contributed by atoms with E-state index in [0.29, 0.717) is 5.11 Å². The van der Waals surface area contributed by atoms with Gasteiger partial charge in [0.25, 0.3) is 0 Å². The van der Waals surface area contributed by atoms with E-state index in [0.717, 1.165) is 50.0 Å². The van der Waals surface area contributed by atoms with Crippen LogP contribution in [0.15, 0.2) is 64.4 Å². The van der Waals surface area contributed by atoms with Gasteiger partial charge in [-0.25, -0.2) is 0 Å². The fourth-order valence-electron chi connectivity index (χ4n) is 2.59. The van der Waals surface area contributed by atoms with E-state index in [9.17, 15) is 0 Å². The van der Waals surface area contributed by atoms with Crippen molar-refractivity contribution in [3.05, 3.63) is 54.6 Å². The van der Waals surface area contributed by atoms with Gasteiger partial charge in [-0.15, -0.1) is 0 Å². The van der Waals surface area contributed by atoms with Gasteiger partial charge >= 0.3 is 0 Å². The summed E-state index contributed by atoms with van der Waals surface area (Å²) in [5, 5.41) is 7.28. The van der Waals surface area contributed by atoms with Crippen LogP contribution >= 0.6 is 24.0 Å². The maximum Gasteiger partial charge on any atom is 0.170 e. The van der Waals surface area contributed by atoms with E-state index in [1.54, 1.807) is 11.8 Å². The zero-order valence-corrected chi connectivity index (χ0v) is 15.7. The van der Waals surface area contributed by atoms with Gasteiger partial charge in [0.15, 0.2) is 5.11 Å². The summed E-state index contributed by atoms with van der Waals surface area (Å²) >= 11 is 7.18. The topological polar surface area (TPSA) is 36.5 Å². The number of morpholine rings is 1. The third-order valence-electron chi connectivity index (χ3n) is 3.92. The van der Waals surface area contributed by atoms with Crippen molar-refractivity contribution in [3.63, 3.8) is 0 Å². The molecule has 0 unspecified atom stereocenters. The fourth-order valence-corrected chi connectivity index (χ4v) is 3.73. The molecule has 1 fully saturated rings. The minimum Gasteiger partial charge on any atom is -0.379 e. The Morgan fingerprint density at radius 3 is 2.56 bits per heavy atom. The Kier molecular flexibility index (Phi) is 7.11. The molecule has 0 bridgehead atoms. The van der Waals surface area contributed by atoms with Crippen molar-refractivity contribution >= 4 is 34.8 Å². The van der Waals surface area contributed by atoms with Gasteiger partial charge in [0, 0.05) is 36.0 Å². The van der Waals surface area contributed by atoms with Crippen LogP contribution in [0, 0.1) is 0 Å². The van der Waals surface area contributed by atoms with Gasteiger partial charge in [0.1, 0.15) is 0 Å². The lowest BCUT2D eigenvalue weighted by Crippen LogP contribution is -2.42. The first-order chi connectivity index (χ1) is 12.3. The molecular weight excluding hydrogens is 350 g/mol. The second-order valence-corrected chi connectivity index (χ2v) is 7.27. The molecule has 1 aliphatic rings. The standard InChI is InChI=1S/C19H23N3OS2/c24-19(20-10-11-22-12-14-23-15-13-22)21-17-8-4-5-9-18(17)25-16-6-2-1-3-7-16/h1-9H,10-15H2,(H2,20,21,24). The van der Waals surface area contributed by atoms with Crippen LogP contribution in [0.5, 0.6) is 0 Å². The number of benzene rings is 2.